The zero-order valence-corrected chi connectivity index (χ0v) is 42.3. The van der Waals surface area contributed by atoms with Crippen molar-refractivity contribution in [1.29, 1.82) is 5.26 Å². The summed E-state index contributed by atoms with van der Waals surface area (Å²) in [7, 11) is 0. The van der Waals surface area contributed by atoms with Gasteiger partial charge in [0.1, 0.15) is 30.0 Å². The number of thiocarbonyl (C=S) groups is 1. The summed E-state index contributed by atoms with van der Waals surface area (Å²) in [5.74, 6) is -1.25. The van der Waals surface area contributed by atoms with Gasteiger partial charge in [0.2, 0.25) is 17.7 Å². The van der Waals surface area contributed by atoms with Gasteiger partial charge in [-0.05, 0) is 118 Å². The highest BCUT2D eigenvalue weighted by molar-refractivity contribution is 7.81. The number of aryl methyl sites for hydroxylation is 1. The molecule has 0 bridgehead atoms. The van der Waals surface area contributed by atoms with Crippen LogP contribution in [0, 0.1) is 23.7 Å². The number of aliphatic hydroxyl groups is 1. The number of hydrogen-bond acceptors (Lipinski definition) is 12. The van der Waals surface area contributed by atoms with E-state index >= 15 is 0 Å². The van der Waals surface area contributed by atoms with Crippen molar-refractivity contribution in [3.63, 3.8) is 0 Å². The number of halogens is 3. The van der Waals surface area contributed by atoms with Crippen LogP contribution in [0.25, 0.3) is 10.4 Å². The largest absolute Gasteiger partial charge is 0.494 e. The van der Waals surface area contributed by atoms with Crippen molar-refractivity contribution in [2.75, 3.05) is 49.4 Å². The number of benzene rings is 3. The highest BCUT2D eigenvalue weighted by atomic mass is 32.1. The molecule has 2 saturated heterocycles. The molecule has 4 amide bonds. The highest BCUT2D eigenvalue weighted by Crippen LogP contribution is 2.40. The number of thiazole rings is 1. The average Bonchev–Trinajstić information content (AvgIpc) is 3.99. The second kappa shape index (κ2) is 23.5. The number of β-amino-alcohol motifs (C(OH)–C–C–N with tert-alkyl or cyclic N) is 1. The fourth-order valence-corrected chi connectivity index (χ4v) is 9.67. The molecule has 20 heteroatoms. The van der Waals surface area contributed by atoms with E-state index in [9.17, 15) is 42.7 Å². The number of nitrogens with zero attached hydrogens (tertiary/aromatic N) is 5. The molecule has 380 valence electrons. The van der Waals surface area contributed by atoms with E-state index in [-0.39, 0.29) is 49.4 Å². The minimum absolute atomic E-state index is 0.000625. The first kappa shape index (κ1) is 54.4. The number of ether oxygens (including phenoxy) is 3. The van der Waals surface area contributed by atoms with E-state index in [2.05, 4.69) is 15.6 Å². The topological polar surface area (TPSA) is 187 Å². The molecule has 3 heterocycles. The number of rotatable bonds is 21. The van der Waals surface area contributed by atoms with Crippen LogP contribution in [0.1, 0.15) is 89.1 Å². The quantitative estimate of drug-likeness (QED) is 0.0546. The third-order valence-electron chi connectivity index (χ3n) is 12.2. The lowest BCUT2D eigenvalue weighted by atomic mass is 9.85. The van der Waals surface area contributed by atoms with Crippen LogP contribution in [0.5, 0.6) is 5.75 Å². The molecular formula is C51H60F3N7O8S2. The second-order valence-corrected chi connectivity index (χ2v) is 20.2. The summed E-state index contributed by atoms with van der Waals surface area (Å²) in [5, 5.41) is 25.5. The normalized spacial score (nSPS) is 17.3. The van der Waals surface area contributed by atoms with Gasteiger partial charge in [-0.3, -0.25) is 24.1 Å². The van der Waals surface area contributed by atoms with Crippen molar-refractivity contribution >= 4 is 63.7 Å². The molecule has 15 nitrogen and oxygen atoms in total. The van der Waals surface area contributed by atoms with Crippen LogP contribution in [0.3, 0.4) is 0 Å². The van der Waals surface area contributed by atoms with Crippen molar-refractivity contribution in [3.05, 3.63) is 94.6 Å². The maximum absolute atomic E-state index is 13.9. The van der Waals surface area contributed by atoms with Crippen molar-refractivity contribution in [2.24, 2.45) is 5.41 Å². The standard InChI is InChI=1S/C51H60F3N7O8S2/c1-32-43(71-31-57-32)34-13-11-33(12-14-34)28-56-45(64)41-26-38(62)29-59(41)46(65)44(49(2,3)4)58-42(63)30-68-23-10-22-67-21-8-7-9-24-69-39-19-17-36(18-20-39)61-48(70)60(47(66)50(61,5)6)37-16-15-35(27-55)40(25-37)51(52,53)54/h11-20,25,31,38,41,44,62H,7-10,21-24,26,28-30H2,1-6H3,(H,56,64)(H,58,63)/t38-,41-,44+/m0/s1. The number of carbonyl (C=O) groups excluding carboxylic acids is 4. The Morgan fingerprint density at radius 2 is 1.62 bits per heavy atom. The predicted molar refractivity (Wildman–Crippen MR) is 266 cm³/mol. The Morgan fingerprint density at radius 3 is 2.27 bits per heavy atom. The molecule has 4 aromatic rings. The predicted octanol–water partition coefficient (Wildman–Crippen LogP) is 7.71. The maximum atomic E-state index is 13.9. The Morgan fingerprint density at radius 1 is 0.958 bits per heavy atom. The van der Waals surface area contributed by atoms with Crippen LogP contribution >= 0.6 is 23.6 Å². The molecule has 2 aliphatic heterocycles. The Kier molecular flexibility index (Phi) is 18.0. The van der Waals surface area contributed by atoms with Crippen LogP contribution in [0.2, 0.25) is 0 Å². The molecule has 0 saturated carbocycles. The summed E-state index contributed by atoms with van der Waals surface area (Å²) < 4.78 is 58.4. The number of unbranched alkanes of at least 4 members (excludes halogenated alkanes) is 2. The molecular weight excluding hydrogens is 960 g/mol. The molecule has 3 atom stereocenters. The number of anilines is 2. The first-order valence-electron chi connectivity index (χ1n) is 23.3. The molecule has 0 spiro atoms. The SMILES string of the molecule is Cc1ncsc1-c1ccc(CNC(=O)[C@@H]2C[C@H](O)CN2C(=O)[C@@H](NC(=O)COCCCOCCCCCOc2ccc(N3C(=S)N(c4ccc(C#N)c(C(F)(F)F)c4)C(=O)C3(C)C)cc2)C(C)(C)C)cc1. The minimum atomic E-state index is -4.80. The monoisotopic (exact) mass is 1020 g/mol. The Balaban J connectivity index is 0.851. The molecule has 0 radical (unpaired) electrons. The second-order valence-electron chi connectivity index (χ2n) is 19.0. The minimum Gasteiger partial charge on any atom is -0.494 e. The smallest absolute Gasteiger partial charge is 0.417 e. The number of nitriles is 1. The maximum Gasteiger partial charge on any atom is 0.417 e. The van der Waals surface area contributed by atoms with E-state index in [1.165, 1.54) is 11.0 Å². The van der Waals surface area contributed by atoms with Crippen molar-refractivity contribution in [2.45, 2.75) is 110 Å². The summed E-state index contributed by atoms with van der Waals surface area (Å²) in [6.45, 7) is 12.3. The van der Waals surface area contributed by atoms with E-state index in [0.717, 1.165) is 58.0 Å². The van der Waals surface area contributed by atoms with E-state index in [0.29, 0.717) is 37.7 Å². The van der Waals surface area contributed by atoms with Crippen LogP contribution in [0.15, 0.2) is 72.2 Å². The van der Waals surface area contributed by atoms with Gasteiger partial charge in [0.15, 0.2) is 5.11 Å². The van der Waals surface area contributed by atoms with Crippen LogP contribution in [0.4, 0.5) is 24.5 Å². The molecule has 0 aliphatic carbocycles. The number of aliphatic hydroxyl groups excluding tert-OH is 1. The zero-order chi connectivity index (χ0) is 51.7. The average molecular weight is 1020 g/mol. The number of nitrogens with one attached hydrogen (secondary N) is 2. The molecule has 71 heavy (non-hydrogen) atoms. The van der Waals surface area contributed by atoms with Gasteiger partial charge in [0, 0.05) is 45.0 Å². The third kappa shape index (κ3) is 13.5. The number of carbonyl (C=O) groups is 4. The van der Waals surface area contributed by atoms with Gasteiger partial charge in [-0.25, -0.2) is 4.98 Å². The molecule has 1 aromatic heterocycles. The van der Waals surface area contributed by atoms with Crippen LogP contribution in [-0.4, -0.2) is 107 Å². The molecule has 0 unspecified atom stereocenters. The Labute approximate surface area is 421 Å². The van der Waals surface area contributed by atoms with E-state index in [1.54, 1.807) is 65.9 Å². The first-order chi connectivity index (χ1) is 33.6. The van der Waals surface area contributed by atoms with Gasteiger partial charge in [-0.1, -0.05) is 45.0 Å². The number of amides is 4. The summed E-state index contributed by atoms with van der Waals surface area (Å²) >= 11 is 7.18. The number of likely N-dealkylation sites (tertiary alicyclic amines) is 1. The van der Waals surface area contributed by atoms with Gasteiger partial charge in [-0.15, -0.1) is 11.3 Å². The number of hydrogen-bond donors (Lipinski definition) is 3. The number of alkyl halides is 3. The molecule has 2 aliphatic rings. The molecule has 2 fully saturated rings. The summed E-state index contributed by atoms with van der Waals surface area (Å²) in [5.41, 5.74) is 1.50. The summed E-state index contributed by atoms with van der Waals surface area (Å²) in [6, 6.07) is 17.5. The molecule has 3 N–H and O–H groups in total. The Hall–Kier alpha value is -5.98. The fourth-order valence-electron chi connectivity index (χ4n) is 8.34. The Bertz CT molecular complexity index is 2580. The van der Waals surface area contributed by atoms with E-state index in [1.807, 2.05) is 52.0 Å². The summed E-state index contributed by atoms with van der Waals surface area (Å²) in [4.78, 5) is 63.3. The van der Waals surface area contributed by atoms with E-state index < -0.39 is 64.2 Å². The van der Waals surface area contributed by atoms with Gasteiger partial charge in [0.05, 0.1) is 51.7 Å². The molecule has 6 rings (SSSR count). The van der Waals surface area contributed by atoms with Crippen molar-refractivity contribution in [3.8, 4) is 22.3 Å². The molecule has 3 aromatic carbocycles. The van der Waals surface area contributed by atoms with Gasteiger partial charge >= 0.3 is 6.18 Å². The highest BCUT2D eigenvalue weighted by Gasteiger charge is 2.51. The lowest BCUT2D eigenvalue weighted by Gasteiger charge is -2.35. The lowest BCUT2D eigenvalue weighted by molar-refractivity contribution is -0.144. The van der Waals surface area contributed by atoms with Crippen molar-refractivity contribution in [1.82, 2.24) is 20.5 Å². The van der Waals surface area contributed by atoms with Crippen molar-refractivity contribution < 1.29 is 51.7 Å². The van der Waals surface area contributed by atoms with Crippen LogP contribution in [-0.2, 0) is 41.4 Å². The van der Waals surface area contributed by atoms with Gasteiger partial charge in [0.25, 0.3) is 5.91 Å². The van der Waals surface area contributed by atoms with E-state index in [4.69, 9.17) is 26.4 Å². The van der Waals surface area contributed by atoms with Crippen LogP contribution < -0.4 is 25.2 Å². The third-order valence-corrected chi connectivity index (χ3v) is 13.5. The van der Waals surface area contributed by atoms with Gasteiger partial charge in [-0.2, -0.15) is 18.4 Å². The van der Waals surface area contributed by atoms with Gasteiger partial charge < -0.3 is 39.8 Å². The summed E-state index contributed by atoms with van der Waals surface area (Å²) in [6.07, 6.45) is -2.66. The first-order valence-corrected chi connectivity index (χ1v) is 24.6. The zero-order valence-electron chi connectivity index (χ0n) is 40.6. The fraction of sp³-hybridized carbons (Fsp3) is 0.471. The number of aromatic nitrogens is 1. The lowest BCUT2D eigenvalue weighted by Crippen LogP contribution is -2.58.